The van der Waals surface area contributed by atoms with E-state index in [1.165, 1.54) is 17.7 Å². The Kier molecular flexibility index (Phi) is 7.17. The molecule has 0 bridgehead atoms. The minimum atomic E-state index is -4.67. The van der Waals surface area contributed by atoms with Crippen LogP contribution in [0.4, 0.5) is 14.5 Å². The average molecular weight is 438 g/mol. The highest BCUT2D eigenvalue weighted by Gasteiger charge is 2.26. The smallest absolute Gasteiger partial charge is 0.322 e. The number of nitrogens with one attached hydrogen (secondary N) is 1. The topological polar surface area (TPSA) is 69.7 Å². The predicted octanol–water partition coefficient (Wildman–Crippen LogP) is 2.73. The molecule has 1 aliphatic rings. The Morgan fingerprint density at radius 3 is 2.17 bits per heavy atom. The minimum absolute atomic E-state index is 0.183. The van der Waals surface area contributed by atoms with Gasteiger partial charge in [-0.1, -0.05) is 12.1 Å². The molecule has 9 heteroatoms. The fourth-order valence-electron chi connectivity index (χ4n) is 3.22. The van der Waals surface area contributed by atoms with Crippen LogP contribution in [0.15, 0.2) is 53.4 Å². The van der Waals surface area contributed by atoms with E-state index in [0.29, 0.717) is 5.69 Å². The van der Waals surface area contributed by atoms with Crippen LogP contribution in [0.5, 0.6) is 0 Å². The van der Waals surface area contributed by atoms with Crippen LogP contribution >= 0.6 is 0 Å². The van der Waals surface area contributed by atoms with Gasteiger partial charge < -0.3 is 15.1 Å². The lowest BCUT2D eigenvalue weighted by atomic mass is 10.1. The fraction of sp³-hybridized carbons (Fsp3) is 0.381. The Labute approximate surface area is 175 Å². The zero-order chi connectivity index (χ0) is 21.7. The number of halogens is 2. The summed E-state index contributed by atoms with van der Waals surface area (Å²) in [4.78, 5) is 16.6. The van der Waals surface area contributed by atoms with Crippen LogP contribution in [0.2, 0.25) is 0 Å². The molecule has 1 heterocycles. The molecule has 1 fully saturated rings. The summed E-state index contributed by atoms with van der Waals surface area (Å²) in [6.07, 6.45) is 0.929. The molecule has 0 atom stereocenters. The van der Waals surface area contributed by atoms with E-state index in [1.807, 2.05) is 24.3 Å². The van der Waals surface area contributed by atoms with Crippen LogP contribution in [-0.4, -0.2) is 69.7 Å². The number of anilines is 1. The zero-order valence-electron chi connectivity index (χ0n) is 16.7. The van der Waals surface area contributed by atoms with Gasteiger partial charge in [-0.15, -0.1) is 0 Å². The van der Waals surface area contributed by atoms with Gasteiger partial charge in [0.05, 0.1) is 4.90 Å². The van der Waals surface area contributed by atoms with Gasteiger partial charge in [0.25, 0.3) is 5.91 Å². The van der Waals surface area contributed by atoms with Crippen molar-refractivity contribution in [1.82, 2.24) is 9.80 Å². The van der Waals surface area contributed by atoms with Gasteiger partial charge in [0.2, 0.25) is 9.84 Å². The van der Waals surface area contributed by atoms with Gasteiger partial charge in [0.15, 0.2) is 0 Å². The highest BCUT2D eigenvalue weighted by Crippen LogP contribution is 2.19. The molecular formula is C21H25F2N3O3S. The van der Waals surface area contributed by atoms with E-state index >= 15 is 0 Å². The summed E-state index contributed by atoms with van der Waals surface area (Å²) in [7, 11) is -2.54. The lowest BCUT2D eigenvalue weighted by Crippen LogP contribution is -2.45. The normalized spacial score (nSPS) is 16.0. The van der Waals surface area contributed by atoms with E-state index in [-0.39, 0.29) is 5.56 Å². The van der Waals surface area contributed by atoms with Gasteiger partial charge in [0, 0.05) is 44.0 Å². The standard InChI is InChI=1S/C21H25F2N3O3S/c1-25-12-14-26(15-13-25)11-10-16-2-6-18(7-3-16)24-20(27)17-4-8-19(9-5-17)30(28,29)21(22)23/h2-9,21H,10-15H2,1H3,(H,24,27). The second kappa shape index (κ2) is 9.63. The quantitative estimate of drug-likeness (QED) is 0.721. The van der Waals surface area contributed by atoms with Crippen molar-refractivity contribution in [3.63, 3.8) is 0 Å². The maximum absolute atomic E-state index is 12.6. The van der Waals surface area contributed by atoms with E-state index in [9.17, 15) is 22.0 Å². The van der Waals surface area contributed by atoms with Crippen molar-refractivity contribution in [3.05, 3.63) is 59.7 Å². The summed E-state index contributed by atoms with van der Waals surface area (Å²) in [5.74, 6) is -3.94. The number of piperazine rings is 1. The Bertz CT molecular complexity index is 956. The maximum atomic E-state index is 12.6. The second-order valence-corrected chi connectivity index (χ2v) is 9.29. The maximum Gasteiger partial charge on any atom is 0.341 e. The number of sulfone groups is 1. The summed E-state index contributed by atoms with van der Waals surface area (Å²) in [5, 5.41) is 2.72. The second-order valence-electron chi connectivity index (χ2n) is 7.38. The molecule has 6 nitrogen and oxygen atoms in total. The molecule has 0 unspecified atom stereocenters. The van der Waals surface area contributed by atoms with Gasteiger partial charge in [-0.25, -0.2) is 8.42 Å². The Hall–Kier alpha value is -2.36. The van der Waals surface area contributed by atoms with Gasteiger partial charge >= 0.3 is 5.76 Å². The van der Waals surface area contributed by atoms with E-state index in [1.54, 1.807) is 0 Å². The van der Waals surface area contributed by atoms with E-state index in [4.69, 9.17) is 0 Å². The molecule has 0 aliphatic carbocycles. The molecular weight excluding hydrogens is 412 g/mol. The minimum Gasteiger partial charge on any atom is -0.322 e. The van der Waals surface area contributed by atoms with Gasteiger partial charge in [-0.2, -0.15) is 8.78 Å². The third kappa shape index (κ3) is 5.62. The third-order valence-electron chi connectivity index (χ3n) is 5.20. The first-order chi connectivity index (χ1) is 14.3. The Morgan fingerprint density at radius 2 is 1.60 bits per heavy atom. The highest BCUT2D eigenvalue weighted by molar-refractivity contribution is 7.91. The molecule has 0 spiro atoms. The SMILES string of the molecule is CN1CCN(CCc2ccc(NC(=O)c3ccc(S(=O)(=O)C(F)F)cc3)cc2)CC1. The number of rotatable bonds is 7. The molecule has 1 aliphatic heterocycles. The summed E-state index contributed by atoms with van der Waals surface area (Å²) < 4.78 is 48.1. The number of hydrogen-bond donors (Lipinski definition) is 1. The number of amides is 1. The summed E-state index contributed by atoms with van der Waals surface area (Å²) >= 11 is 0. The molecule has 0 saturated carbocycles. The van der Waals surface area contributed by atoms with Gasteiger partial charge in [-0.05, 0) is 55.4 Å². The van der Waals surface area contributed by atoms with Crippen molar-refractivity contribution in [2.75, 3.05) is 45.1 Å². The van der Waals surface area contributed by atoms with Crippen LogP contribution in [0.1, 0.15) is 15.9 Å². The number of benzene rings is 2. The van der Waals surface area contributed by atoms with Crippen LogP contribution < -0.4 is 5.32 Å². The van der Waals surface area contributed by atoms with E-state index in [0.717, 1.165) is 51.3 Å². The van der Waals surface area contributed by atoms with E-state index < -0.39 is 26.4 Å². The first-order valence-corrected chi connectivity index (χ1v) is 11.2. The molecule has 0 radical (unpaired) electrons. The first kappa shape index (κ1) is 22.3. The summed E-state index contributed by atoms with van der Waals surface area (Å²) in [6.45, 7) is 5.30. The zero-order valence-corrected chi connectivity index (χ0v) is 17.5. The largest absolute Gasteiger partial charge is 0.341 e. The van der Waals surface area contributed by atoms with Crippen LogP contribution in [-0.2, 0) is 16.3 Å². The van der Waals surface area contributed by atoms with Crippen molar-refractivity contribution < 1.29 is 22.0 Å². The van der Waals surface area contributed by atoms with Crippen molar-refractivity contribution >= 4 is 21.4 Å². The molecule has 1 saturated heterocycles. The van der Waals surface area contributed by atoms with Crippen LogP contribution in [0.3, 0.4) is 0 Å². The number of hydrogen-bond acceptors (Lipinski definition) is 5. The molecule has 1 amide bonds. The molecule has 2 aromatic carbocycles. The van der Waals surface area contributed by atoms with Gasteiger partial charge in [-0.3, -0.25) is 4.79 Å². The summed E-state index contributed by atoms with van der Waals surface area (Å²) in [6, 6.07) is 12.0. The van der Waals surface area contributed by atoms with Crippen LogP contribution in [0, 0.1) is 0 Å². The van der Waals surface area contributed by atoms with Crippen molar-refractivity contribution in [3.8, 4) is 0 Å². The van der Waals surface area contributed by atoms with Crippen molar-refractivity contribution in [2.24, 2.45) is 0 Å². The number of alkyl halides is 2. The number of nitrogens with zero attached hydrogens (tertiary/aromatic N) is 2. The Balaban J connectivity index is 1.54. The van der Waals surface area contributed by atoms with Gasteiger partial charge in [0.1, 0.15) is 0 Å². The third-order valence-corrected chi connectivity index (χ3v) is 6.60. The van der Waals surface area contributed by atoms with E-state index in [2.05, 4.69) is 22.2 Å². The van der Waals surface area contributed by atoms with Crippen LogP contribution in [0.25, 0.3) is 0 Å². The monoisotopic (exact) mass is 437 g/mol. The fourth-order valence-corrected chi connectivity index (χ4v) is 3.94. The molecule has 3 rings (SSSR count). The molecule has 1 N–H and O–H groups in total. The molecule has 0 aromatic heterocycles. The average Bonchev–Trinajstić information content (AvgIpc) is 2.74. The molecule has 30 heavy (non-hydrogen) atoms. The Morgan fingerprint density at radius 1 is 1.00 bits per heavy atom. The molecule has 2 aromatic rings. The first-order valence-electron chi connectivity index (χ1n) is 9.69. The lowest BCUT2D eigenvalue weighted by molar-refractivity contribution is 0.102. The lowest BCUT2D eigenvalue weighted by Gasteiger charge is -2.32. The van der Waals surface area contributed by atoms with Crippen molar-refractivity contribution in [2.45, 2.75) is 17.1 Å². The van der Waals surface area contributed by atoms with Crippen molar-refractivity contribution in [1.29, 1.82) is 0 Å². The molecule has 162 valence electrons. The number of likely N-dealkylation sites (N-methyl/N-ethyl adjacent to an activating group) is 1. The predicted molar refractivity (Wildman–Crippen MR) is 112 cm³/mol. The highest BCUT2D eigenvalue weighted by atomic mass is 32.2. The number of carbonyl (C=O) groups is 1. The number of carbonyl (C=O) groups excluding carboxylic acids is 1. The summed E-state index contributed by atoms with van der Waals surface area (Å²) in [5.41, 5.74) is 1.96.